The van der Waals surface area contributed by atoms with Gasteiger partial charge in [-0.3, -0.25) is 9.59 Å². The van der Waals surface area contributed by atoms with Gasteiger partial charge in [0, 0.05) is 19.7 Å². The van der Waals surface area contributed by atoms with E-state index in [4.69, 9.17) is 9.84 Å². The van der Waals surface area contributed by atoms with Crippen molar-refractivity contribution < 1.29 is 19.4 Å². The number of ether oxygens (including phenoxy) is 1. The van der Waals surface area contributed by atoms with Gasteiger partial charge in [0.15, 0.2) is 0 Å². The lowest BCUT2D eigenvalue weighted by Gasteiger charge is -2.14. The maximum atomic E-state index is 11.8. The zero-order valence-corrected chi connectivity index (χ0v) is 9.84. The van der Waals surface area contributed by atoms with Gasteiger partial charge in [-0.25, -0.2) is 0 Å². The second kappa shape index (κ2) is 6.00. The standard InChI is InChI=1S/C12H15NO4/c1-13(7-11(14)15)12(16)10-5-3-9(4-6-10)8-17-2/h3-6H,7-8H2,1-2H3,(H,14,15). The van der Waals surface area contributed by atoms with Gasteiger partial charge in [-0.15, -0.1) is 0 Å². The summed E-state index contributed by atoms with van der Waals surface area (Å²) in [6.45, 7) is 0.179. The number of hydrogen-bond acceptors (Lipinski definition) is 3. The van der Waals surface area contributed by atoms with E-state index in [0.717, 1.165) is 10.5 Å². The van der Waals surface area contributed by atoms with Crippen LogP contribution in [-0.2, 0) is 16.1 Å². The summed E-state index contributed by atoms with van der Waals surface area (Å²) in [5, 5.41) is 8.58. The van der Waals surface area contributed by atoms with Crippen molar-refractivity contribution in [2.24, 2.45) is 0 Å². The molecule has 0 aliphatic heterocycles. The number of carbonyl (C=O) groups is 2. The van der Waals surface area contributed by atoms with Crippen LogP contribution in [0.25, 0.3) is 0 Å². The smallest absolute Gasteiger partial charge is 0.323 e. The van der Waals surface area contributed by atoms with E-state index in [0.29, 0.717) is 12.2 Å². The van der Waals surface area contributed by atoms with Crippen molar-refractivity contribution in [3.05, 3.63) is 35.4 Å². The van der Waals surface area contributed by atoms with Gasteiger partial charge in [-0.05, 0) is 17.7 Å². The van der Waals surface area contributed by atoms with Crippen LogP contribution in [0.5, 0.6) is 0 Å². The third kappa shape index (κ3) is 3.88. The minimum absolute atomic E-state index is 0.307. The van der Waals surface area contributed by atoms with Gasteiger partial charge in [-0.2, -0.15) is 0 Å². The summed E-state index contributed by atoms with van der Waals surface area (Å²) in [5.41, 5.74) is 1.43. The highest BCUT2D eigenvalue weighted by Gasteiger charge is 2.13. The van der Waals surface area contributed by atoms with Crippen molar-refractivity contribution in [1.82, 2.24) is 4.90 Å². The fourth-order valence-electron chi connectivity index (χ4n) is 1.41. The Morgan fingerprint density at radius 3 is 2.35 bits per heavy atom. The Hall–Kier alpha value is -1.88. The molecule has 1 rings (SSSR count). The molecule has 1 aromatic rings. The van der Waals surface area contributed by atoms with Gasteiger partial charge in [-0.1, -0.05) is 12.1 Å². The Labute approximate surface area is 99.6 Å². The maximum absolute atomic E-state index is 11.8. The fraction of sp³-hybridized carbons (Fsp3) is 0.333. The number of benzene rings is 1. The number of nitrogens with zero attached hydrogens (tertiary/aromatic N) is 1. The molecule has 0 fully saturated rings. The van der Waals surface area contributed by atoms with Crippen LogP contribution in [0, 0.1) is 0 Å². The normalized spacial score (nSPS) is 10.0. The van der Waals surface area contributed by atoms with Crippen LogP contribution >= 0.6 is 0 Å². The van der Waals surface area contributed by atoms with Crippen LogP contribution in [0.1, 0.15) is 15.9 Å². The number of carboxylic acid groups (broad SMARTS) is 1. The molecule has 0 heterocycles. The highest BCUT2D eigenvalue weighted by molar-refractivity contribution is 5.95. The average molecular weight is 237 g/mol. The molecule has 0 saturated carbocycles. The van der Waals surface area contributed by atoms with Crippen LogP contribution < -0.4 is 0 Å². The third-order valence-corrected chi connectivity index (χ3v) is 2.23. The van der Waals surface area contributed by atoms with E-state index in [1.165, 1.54) is 7.05 Å². The zero-order valence-electron chi connectivity index (χ0n) is 9.84. The molecule has 0 bridgehead atoms. The predicted octanol–water partition coefficient (Wildman–Crippen LogP) is 0.990. The predicted molar refractivity (Wildman–Crippen MR) is 61.8 cm³/mol. The highest BCUT2D eigenvalue weighted by atomic mass is 16.5. The number of aliphatic carboxylic acids is 1. The number of hydrogen-bond donors (Lipinski definition) is 1. The summed E-state index contributed by atoms with van der Waals surface area (Å²) in [5.74, 6) is -1.34. The average Bonchev–Trinajstić information content (AvgIpc) is 2.28. The highest BCUT2D eigenvalue weighted by Crippen LogP contribution is 2.07. The first-order chi connectivity index (χ1) is 8.04. The minimum atomic E-state index is -1.03. The van der Waals surface area contributed by atoms with Gasteiger partial charge in [0.2, 0.25) is 0 Å². The molecule has 5 heteroatoms. The van der Waals surface area contributed by atoms with E-state index in [9.17, 15) is 9.59 Å². The Morgan fingerprint density at radius 1 is 1.29 bits per heavy atom. The molecule has 0 saturated heterocycles. The molecule has 0 aromatic heterocycles. The Kier molecular flexibility index (Phi) is 4.66. The molecule has 0 aliphatic carbocycles. The molecular weight excluding hydrogens is 222 g/mol. The van der Waals surface area contributed by atoms with Crippen LogP contribution in [0.4, 0.5) is 0 Å². The van der Waals surface area contributed by atoms with E-state index >= 15 is 0 Å². The zero-order chi connectivity index (χ0) is 12.8. The Bertz CT molecular complexity index is 399. The molecule has 1 N–H and O–H groups in total. The van der Waals surface area contributed by atoms with E-state index in [-0.39, 0.29) is 12.5 Å². The van der Waals surface area contributed by atoms with Gasteiger partial charge in [0.25, 0.3) is 5.91 Å². The van der Waals surface area contributed by atoms with Crippen molar-refractivity contribution in [1.29, 1.82) is 0 Å². The van der Waals surface area contributed by atoms with Crippen molar-refractivity contribution in [2.45, 2.75) is 6.61 Å². The van der Waals surface area contributed by atoms with Crippen molar-refractivity contribution in [2.75, 3.05) is 20.7 Å². The number of likely N-dealkylation sites (N-methyl/N-ethyl adjacent to an activating group) is 1. The van der Waals surface area contributed by atoms with Crippen LogP contribution in [0.3, 0.4) is 0 Å². The number of carboxylic acids is 1. The lowest BCUT2D eigenvalue weighted by Crippen LogP contribution is -2.31. The van der Waals surface area contributed by atoms with Crippen molar-refractivity contribution in [3.8, 4) is 0 Å². The Balaban J connectivity index is 2.72. The number of amides is 1. The molecule has 0 radical (unpaired) electrons. The summed E-state index contributed by atoms with van der Waals surface area (Å²) in [6, 6.07) is 6.89. The lowest BCUT2D eigenvalue weighted by atomic mass is 10.1. The quantitative estimate of drug-likeness (QED) is 0.829. The lowest BCUT2D eigenvalue weighted by molar-refractivity contribution is -0.137. The molecule has 0 spiro atoms. The van der Waals surface area contributed by atoms with E-state index in [1.807, 2.05) is 0 Å². The summed E-state index contributed by atoms with van der Waals surface area (Å²) < 4.78 is 4.96. The Morgan fingerprint density at radius 2 is 1.88 bits per heavy atom. The van der Waals surface area contributed by atoms with E-state index in [2.05, 4.69) is 0 Å². The van der Waals surface area contributed by atoms with E-state index in [1.54, 1.807) is 31.4 Å². The molecule has 1 aromatic carbocycles. The van der Waals surface area contributed by atoms with Crippen molar-refractivity contribution >= 4 is 11.9 Å². The summed E-state index contributed by atoms with van der Waals surface area (Å²) in [7, 11) is 3.05. The second-order valence-corrected chi connectivity index (χ2v) is 3.68. The second-order valence-electron chi connectivity index (χ2n) is 3.68. The molecular formula is C12H15NO4. The van der Waals surface area contributed by atoms with Crippen LogP contribution in [0.15, 0.2) is 24.3 Å². The first-order valence-corrected chi connectivity index (χ1v) is 5.09. The maximum Gasteiger partial charge on any atom is 0.323 e. The molecule has 1 amide bonds. The van der Waals surface area contributed by atoms with Gasteiger partial charge in [0.05, 0.1) is 6.61 Å². The number of methoxy groups -OCH3 is 1. The summed E-state index contributed by atoms with van der Waals surface area (Å²) >= 11 is 0. The number of carbonyl (C=O) groups excluding carboxylic acids is 1. The third-order valence-electron chi connectivity index (χ3n) is 2.23. The molecule has 0 atom stereocenters. The molecule has 92 valence electrons. The first-order valence-electron chi connectivity index (χ1n) is 5.09. The molecule has 17 heavy (non-hydrogen) atoms. The topological polar surface area (TPSA) is 66.8 Å². The molecule has 0 aliphatic rings. The minimum Gasteiger partial charge on any atom is -0.480 e. The fourth-order valence-corrected chi connectivity index (χ4v) is 1.41. The van der Waals surface area contributed by atoms with Crippen LogP contribution in [-0.4, -0.2) is 42.6 Å². The van der Waals surface area contributed by atoms with E-state index < -0.39 is 5.97 Å². The van der Waals surface area contributed by atoms with Crippen LogP contribution in [0.2, 0.25) is 0 Å². The van der Waals surface area contributed by atoms with Gasteiger partial charge in [0.1, 0.15) is 6.54 Å². The largest absolute Gasteiger partial charge is 0.480 e. The summed E-state index contributed by atoms with van der Waals surface area (Å²) in [4.78, 5) is 23.4. The van der Waals surface area contributed by atoms with Crippen molar-refractivity contribution in [3.63, 3.8) is 0 Å². The molecule has 0 unspecified atom stereocenters. The molecule has 5 nitrogen and oxygen atoms in total. The monoisotopic (exact) mass is 237 g/mol. The number of rotatable bonds is 5. The SMILES string of the molecule is COCc1ccc(C(=O)N(C)CC(=O)O)cc1. The summed E-state index contributed by atoms with van der Waals surface area (Å²) in [6.07, 6.45) is 0. The van der Waals surface area contributed by atoms with Gasteiger partial charge >= 0.3 is 5.97 Å². The first kappa shape index (κ1) is 13.2. The van der Waals surface area contributed by atoms with Gasteiger partial charge < -0.3 is 14.7 Å².